The fourth-order valence-electron chi connectivity index (χ4n) is 1.94. The van der Waals surface area contributed by atoms with Gasteiger partial charge in [0, 0.05) is 10.0 Å². The lowest BCUT2D eigenvalue weighted by Crippen LogP contribution is -2.38. The molecule has 0 saturated carbocycles. The van der Waals surface area contributed by atoms with E-state index in [4.69, 9.17) is 5.84 Å². The van der Waals surface area contributed by atoms with Gasteiger partial charge in [-0.05, 0) is 42.8 Å². The number of halogens is 1. The third-order valence-corrected chi connectivity index (χ3v) is 3.61. The molecule has 0 radical (unpaired) electrons. The summed E-state index contributed by atoms with van der Waals surface area (Å²) >= 11 is 3.34. The van der Waals surface area contributed by atoms with E-state index in [2.05, 4.69) is 21.2 Å². The van der Waals surface area contributed by atoms with Crippen LogP contribution < -0.4 is 16.6 Å². The predicted molar refractivity (Wildman–Crippen MR) is 93.1 cm³/mol. The standard InChI is InChI=1S/C17H16BrN3O2/c1-11-3-2-4-13(9-11)16(22)20-15(17(23)21-19)10-12-5-7-14(18)8-6-12/h2-10H,19H2,1H3,(H,20,22)(H,21,23)/b15-10+. The van der Waals surface area contributed by atoms with Crippen LogP contribution in [0.3, 0.4) is 0 Å². The minimum atomic E-state index is -0.575. The van der Waals surface area contributed by atoms with Gasteiger partial charge in [-0.1, -0.05) is 45.8 Å². The second-order valence-electron chi connectivity index (χ2n) is 4.91. The third-order valence-electron chi connectivity index (χ3n) is 3.09. The first-order chi connectivity index (χ1) is 11.0. The van der Waals surface area contributed by atoms with Crippen LogP contribution in [0.2, 0.25) is 0 Å². The van der Waals surface area contributed by atoms with Gasteiger partial charge in [0.2, 0.25) is 0 Å². The molecule has 2 amide bonds. The Morgan fingerprint density at radius 2 is 1.83 bits per heavy atom. The lowest BCUT2D eigenvalue weighted by atomic mass is 10.1. The zero-order chi connectivity index (χ0) is 16.8. The van der Waals surface area contributed by atoms with Crippen molar-refractivity contribution in [2.24, 2.45) is 5.84 Å². The summed E-state index contributed by atoms with van der Waals surface area (Å²) in [4.78, 5) is 24.2. The molecule has 2 rings (SSSR count). The number of hydrogen-bond acceptors (Lipinski definition) is 3. The van der Waals surface area contributed by atoms with Crippen LogP contribution in [0.15, 0.2) is 58.7 Å². The Labute approximate surface area is 142 Å². The maximum Gasteiger partial charge on any atom is 0.281 e. The van der Waals surface area contributed by atoms with E-state index < -0.39 is 5.91 Å². The number of nitrogens with two attached hydrogens (primary N) is 1. The van der Waals surface area contributed by atoms with E-state index in [-0.39, 0.29) is 11.6 Å². The van der Waals surface area contributed by atoms with Gasteiger partial charge in [-0.2, -0.15) is 0 Å². The Bertz CT molecular complexity index is 755. The quantitative estimate of drug-likeness (QED) is 0.333. The Balaban J connectivity index is 2.27. The van der Waals surface area contributed by atoms with E-state index >= 15 is 0 Å². The summed E-state index contributed by atoms with van der Waals surface area (Å²) in [7, 11) is 0. The number of nitrogens with one attached hydrogen (secondary N) is 2. The van der Waals surface area contributed by atoms with Crippen molar-refractivity contribution in [1.29, 1.82) is 0 Å². The predicted octanol–water partition coefficient (Wildman–Crippen LogP) is 2.52. The molecule has 5 nitrogen and oxygen atoms in total. The molecule has 0 saturated heterocycles. The fraction of sp³-hybridized carbons (Fsp3) is 0.0588. The average molecular weight is 374 g/mol. The highest BCUT2D eigenvalue weighted by atomic mass is 79.9. The van der Waals surface area contributed by atoms with E-state index in [9.17, 15) is 9.59 Å². The topological polar surface area (TPSA) is 84.2 Å². The highest BCUT2D eigenvalue weighted by Crippen LogP contribution is 2.13. The number of rotatable bonds is 4. The molecule has 23 heavy (non-hydrogen) atoms. The molecule has 118 valence electrons. The van der Waals surface area contributed by atoms with Crippen LogP contribution in [0.5, 0.6) is 0 Å². The summed E-state index contributed by atoms with van der Waals surface area (Å²) in [5.41, 5.74) is 4.29. The Morgan fingerprint density at radius 1 is 1.13 bits per heavy atom. The average Bonchev–Trinajstić information content (AvgIpc) is 2.55. The lowest BCUT2D eigenvalue weighted by Gasteiger charge is -2.09. The molecular weight excluding hydrogens is 358 g/mol. The number of hydrogen-bond donors (Lipinski definition) is 3. The van der Waals surface area contributed by atoms with Gasteiger partial charge in [-0.15, -0.1) is 0 Å². The molecule has 0 aliphatic rings. The second-order valence-corrected chi connectivity index (χ2v) is 5.82. The molecule has 0 spiro atoms. The molecule has 2 aromatic carbocycles. The second kappa shape index (κ2) is 7.71. The SMILES string of the molecule is Cc1cccc(C(=O)N/C(=C/c2ccc(Br)cc2)C(=O)NN)c1. The minimum absolute atomic E-state index is 0.0707. The van der Waals surface area contributed by atoms with Crippen molar-refractivity contribution in [3.05, 3.63) is 75.4 Å². The molecule has 2 aromatic rings. The Kier molecular flexibility index (Phi) is 5.67. The largest absolute Gasteiger partial charge is 0.317 e. The van der Waals surface area contributed by atoms with Gasteiger partial charge in [-0.25, -0.2) is 5.84 Å². The molecule has 0 bridgehead atoms. The summed E-state index contributed by atoms with van der Waals surface area (Å²) in [5, 5.41) is 2.59. The molecule has 0 aromatic heterocycles. The smallest absolute Gasteiger partial charge is 0.281 e. The highest BCUT2D eigenvalue weighted by Gasteiger charge is 2.13. The maximum atomic E-state index is 12.3. The van der Waals surface area contributed by atoms with Crippen LogP contribution in [0.25, 0.3) is 6.08 Å². The van der Waals surface area contributed by atoms with E-state index in [1.54, 1.807) is 24.3 Å². The third kappa shape index (κ3) is 4.77. The Morgan fingerprint density at radius 3 is 2.43 bits per heavy atom. The van der Waals surface area contributed by atoms with Crippen molar-refractivity contribution in [3.8, 4) is 0 Å². The highest BCUT2D eigenvalue weighted by molar-refractivity contribution is 9.10. The molecule has 6 heteroatoms. The monoisotopic (exact) mass is 373 g/mol. The molecular formula is C17H16BrN3O2. The van der Waals surface area contributed by atoms with Crippen LogP contribution >= 0.6 is 15.9 Å². The van der Waals surface area contributed by atoms with Gasteiger partial charge in [0.05, 0.1) is 0 Å². The number of carbonyl (C=O) groups excluding carboxylic acids is 2. The summed E-state index contributed by atoms with van der Waals surface area (Å²) in [5.74, 6) is 4.24. The molecule has 4 N–H and O–H groups in total. The summed E-state index contributed by atoms with van der Waals surface area (Å²) in [6.07, 6.45) is 1.56. The van der Waals surface area contributed by atoms with E-state index in [0.29, 0.717) is 5.56 Å². The van der Waals surface area contributed by atoms with Gasteiger partial charge in [-0.3, -0.25) is 15.0 Å². The van der Waals surface area contributed by atoms with Gasteiger partial charge in [0.25, 0.3) is 11.8 Å². The minimum Gasteiger partial charge on any atom is -0.317 e. The van der Waals surface area contributed by atoms with Crippen LogP contribution in [0, 0.1) is 6.92 Å². The van der Waals surface area contributed by atoms with Crippen molar-refractivity contribution in [3.63, 3.8) is 0 Å². The van der Waals surface area contributed by atoms with Crippen LogP contribution in [0.1, 0.15) is 21.5 Å². The molecule has 0 fully saturated rings. The maximum absolute atomic E-state index is 12.3. The van der Waals surface area contributed by atoms with Crippen molar-refractivity contribution in [1.82, 2.24) is 10.7 Å². The number of aryl methyl sites for hydroxylation is 1. The number of hydrazine groups is 1. The molecule has 0 unspecified atom stereocenters. The van der Waals surface area contributed by atoms with E-state index in [0.717, 1.165) is 15.6 Å². The van der Waals surface area contributed by atoms with Gasteiger partial charge >= 0.3 is 0 Å². The number of benzene rings is 2. The van der Waals surface area contributed by atoms with E-state index in [1.165, 1.54) is 0 Å². The lowest BCUT2D eigenvalue weighted by molar-refractivity contribution is -0.117. The summed E-state index contributed by atoms with van der Waals surface area (Å²) in [6.45, 7) is 1.89. The van der Waals surface area contributed by atoms with Crippen molar-refractivity contribution >= 4 is 33.8 Å². The fourth-order valence-corrected chi connectivity index (χ4v) is 2.21. The first kappa shape index (κ1) is 16.9. The van der Waals surface area contributed by atoms with E-state index in [1.807, 2.05) is 42.7 Å². The number of carbonyl (C=O) groups is 2. The summed E-state index contributed by atoms with van der Waals surface area (Å²) < 4.78 is 0.920. The molecule has 0 aliphatic heterocycles. The number of amides is 2. The normalized spacial score (nSPS) is 11.0. The van der Waals surface area contributed by atoms with Crippen molar-refractivity contribution in [2.75, 3.05) is 0 Å². The molecule has 0 aliphatic carbocycles. The molecule has 0 heterocycles. The zero-order valence-electron chi connectivity index (χ0n) is 12.5. The first-order valence-corrected chi connectivity index (χ1v) is 7.65. The van der Waals surface area contributed by atoms with Crippen LogP contribution in [0.4, 0.5) is 0 Å². The first-order valence-electron chi connectivity index (χ1n) is 6.86. The van der Waals surface area contributed by atoms with Gasteiger partial charge in [0.1, 0.15) is 5.70 Å². The van der Waals surface area contributed by atoms with Crippen LogP contribution in [-0.4, -0.2) is 11.8 Å². The Hall–Kier alpha value is -2.44. The van der Waals surface area contributed by atoms with Gasteiger partial charge < -0.3 is 5.32 Å². The summed E-state index contributed by atoms with van der Waals surface area (Å²) in [6, 6.07) is 14.4. The molecule has 0 atom stereocenters. The zero-order valence-corrected chi connectivity index (χ0v) is 14.1. The van der Waals surface area contributed by atoms with Crippen LogP contribution in [-0.2, 0) is 4.79 Å². The van der Waals surface area contributed by atoms with Crippen molar-refractivity contribution < 1.29 is 9.59 Å². The van der Waals surface area contributed by atoms with Crippen molar-refractivity contribution in [2.45, 2.75) is 6.92 Å². The van der Waals surface area contributed by atoms with Gasteiger partial charge in [0.15, 0.2) is 0 Å².